The maximum Gasteiger partial charge on any atom is 0.138 e. The van der Waals surface area contributed by atoms with Crippen LogP contribution in [0.2, 0.25) is 0 Å². The fourth-order valence-electron chi connectivity index (χ4n) is 2.35. The highest BCUT2D eigenvalue weighted by Crippen LogP contribution is 2.22. The Morgan fingerprint density at radius 3 is 2.88 bits per heavy atom. The zero-order chi connectivity index (χ0) is 12.3. The van der Waals surface area contributed by atoms with Crippen LogP contribution in [0, 0.1) is 5.92 Å². The summed E-state index contributed by atoms with van der Waals surface area (Å²) >= 11 is 3.57. The lowest BCUT2D eigenvalue weighted by atomic mass is 9.94. The van der Waals surface area contributed by atoms with E-state index >= 15 is 0 Å². The Bertz CT molecular complexity index is 405. The molecular weight excluding hydrogens is 278 g/mol. The Kier molecular flexibility index (Phi) is 4.35. The largest absolute Gasteiger partial charge is 0.299 e. The van der Waals surface area contributed by atoms with Crippen molar-refractivity contribution in [2.75, 3.05) is 13.1 Å². The highest BCUT2D eigenvalue weighted by Gasteiger charge is 2.25. The van der Waals surface area contributed by atoms with Crippen LogP contribution in [0.25, 0.3) is 0 Å². The van der Waals surface area contributed by atoms with Gasteiger partial charge in [0.15, 0.2) is 0 Å². The number of hydrogen-bond acceptors (Lipinski definition) is 2. The van der Waals surface area contributed by atoms with E-state index in [0.717, 1.165) is 30.5 Å². The minimum atomic E-state index is 0.242. The second kappa shape index (κ2) is 5.78. The fourth-order valence-corrected chi connectivity index (χ4v) is 2.76. The van der Waals surface area contributed by atoms with E-state index in [2.05, 4.69) is 46.0 Å². The molecule has 3 heteroatoms. The van der Waals surface area contributed by atoms with E-state index < -0.39 is 0 Å². The van der Waals surface area contributed by atoms with E-state index in [1.54, 1.807) is 0 Å². The number of halogens is 1. The summed E-state index contributed by atoms with van der Waals surface area (Å²) in [4.78, 5) is 14.0. The molecule has 1 atom stereocenters. The molecule has 2 rings (SSSR count). The second-order valence-corrected chi connectivity index (χ2v) is 5.50. The van der Waals surface area contributed by atoms with Crippen LogP contribution in [0.1, 0.15) is 25.3 Å². The van der Waals surface area contributed by atoms with Gasteiger partial charge in [0.1, 0.15) is 5.78 Å². The van der Waals surface area contributed by atoms with Gasteiger partial charge in [-0.25, -0.2) is 0 Å². The smallest absolute Gasteiger partial charge is 0.138 e. The van der Waals surface area contributed by atoms with Crippen LogP contribution in [0.15, 0.2) is 28.7 Å². The van der Waals surface area contributed by atoms with E-state index in [0.29, 0.717) is 12.2 Å². The summed E-state index contributed by atoms with van der Waals surface area (Å²) in [5, 5.41) is 0. The number of rotatable bonds is 3. The van der Waals surface area contributed by atoms with Crippen molar-refractivity contribution in [1.82, 2.24) is 4.90 Å². The zero-order valence-corrected chi connectivity index (χ0v) is 11.7. The first-order valence-electron chi connectivity index (χ1n) is 6.19. The Morgan fingerprint density at radius 1 is 1.41 bits per heavy atom. The van der Waals surface area contributed by atoms with Gasteiger partial charge in [0.05, 0.1) is 0 Å². The standard InChI is InChI=1S/C14H18BrNO/c1-2-11-9-16(8-7-14(11)17)10-12-5-3-4-6-13(12)15/h3-6,11H,2,7-10H2,1H3. The molecule has 1 heterocycles. The maximum absolute atomic E-state index is 11.7. The predicted octanol–water partition coefficient (Wildman–Crippen LogP) is 3.25. The molecule has 0 saturated carbocycles. The Morgan fingerprint density at radius 2 is 2.18 bits per heavy atom. The van der Waals surface area contributed by atoms with Crippen molar-refractivity contribution < 1.29 is 4.79 Å². The van der Waals surface area contributed by atoms with Gasteiger partial charge in [0, 0.05) is 36.4 Å². The van der Waals surface area contributed by atoms with Crippen LogP contribution in [-0.2, 0) is 11.3 Å². The first kappa shape index (κ1) is 12.8. The first-order chi connectivity index (χ1) is 8.20. The molecule has 1 aliphatic rings. The van der Waals surface area contributed by atoms with Crippen molar-refractivity contribution in [3.8, 4) is 0 Å². The average molecular weight is 296 g/mol. The molecule has 0 aliphatic carbocycles. The topological polar surface area (TPSA) is 20.3 Å². The summed E-state index contributed by atoms with van der Waals surface area (Å²) in [7, 11) is 0. The van der Waals surface area contributed by atoms with Crippen LogP contribution < -0.4 is 0 Å². The van der Waals surface area contributed by atoms with E-state index in [1.807, 2.05) is 6.07 Å². The van der Waals surface area contributed by atoms with Crippen molar-refractivity contribution >= 4 is 21.7 Å². The van der Waals surface area contributed by atoms with Crippen LogP contribution in [-0.4, -0.2) is 23.8 Å². The molecule has 2 nitrogen and oxygen atoms in total. The molecule has 1 saturated heterocycles. The molecule has 92 valence electrons. The number of ketones is 1. The molecule has 1 aliphatic heterocycles. The summed E-state index contributed by atoms with van der Waals surface area (Å²) < 4.78 is 1.16. The van der Waals surface area contributed by atoms with Gasteiger partial charge in [-0.15, -0.1) is 0 Å². The minimum Gasteiger partial charge on any atom is -0.299 e. The van der Waals surface area contributed by atoms with Crippen molar-refractivity contribution in [2.45, 2.75) is 26.3 Å². The highest BCUT2D eigenvalue weighted by atomic mass is 79.9. The fraction of sp³-hybridized carbons (Fsp3) is 0.500. The molecule has 1 unspecified atom stereocenters. The maximum atomic E-state index is 11.7. The number of carbonyl (C=O) groups excluding carboxylic acids is 1. The van der Waals surface area contributed by atoms with Crippen molar-refractivity contribution in [1.29, 1.82) is 0 Å². The van der Waals surface area contributed by atoms with E-state index in [-0.39, 0.29) is 5.92 Å². The van der Waals surface area contributed by atoms with Gasteiger partial charge in [-0.2, -0.15) is 0 Å². The Balaban J connectivity index is 2.01. The van der Waals surface area contributed by atoms with Crippen LogP contribution in [0.5, 0.6) is 0 Å². The van der Waals surface area contributed by atoms with E-state index in [9.17, 15) is 4.79 Å². The summed E-state index contributed by atoms with van der Waals surface area (Å²) in [6.07, 6.45) is 1.67. The average Bonchev–Trinajstić information content (AvgIpc) is 2.34. The molecule has 1 aromatic rings. The molecule has 0 radical (unpaired) electrons. The molecule has 0 amide bonds. The molecule has 0 spiro atoms. The molecule has 1 aromatic carbocycles. The first-order valence-corrected chi connectivity index (χ1v) is 6.98. The molecule has 17 heavy (non-hydrogen) atoms. The molecule has 0 N–H and O–H groups in total. The van der Waals surface area contributed by atoms with Gasteiger partial charge in [-0.05, 0) is 18.1 Å². The van der Waals surface area contributed by atoms with Gasteiger partial charge in [-0.1, -0.05) is 41.1 Å². The minimum absolute atomic E-state index is 0.242. The number of Topliss-reactive ketones (excluding diaryl/α,β-unsaturated/α-hetero) is 1. The van der Waals surface area contributed by atoms with Crippen molar-refractivity contribution in [3.05, 3.63) is 34.3 Å². The Labute approximate surface area is 111 Å². The summed E-state index contributed by atoms with van der Waals surface area (Å²) in [6, 6.07) is 8.30. The number of hydrogen-bond donors (Lipinski definition) is 0. The number of benzene rings is 1. The monoisotopic (exact) mass is 295 g/mol. The van der Waals surface area contributed by atoms with Crippen LogP contribution >= 0.6 is 15.9 Å². The summed E-state index contributed by atoms with van der Waals surface area (Å²) in [5.41, 5.74) is 1.30. The summed E-state index contributed by atoms with van der Waals surface area (Å²) in [5.74, 6) is 0.683. The second-order valence-electron chi connectivity index (χ2n) is 4.65. The highest BCUT2D eigenvalue weighted by molar-refractivity contribution is 9.10. The summed E-state index contributed by atoms with van der Waals surface area (Å²) in [6.45, 7) is 4.85. The van der Waals surface area contributed by atoms with Gasteiger partial charge >= 0.3 is 0 Å². The third-order valence-electron chi connectivity index (χ3n) is 3.45. The predicted molar refractivity (Wildman–Crippen MR) is 72.8 cm³/mol. The molecular formula is C14H18BrNO. The lowest BCUT2D eigenvalue weighted by molar-refractivity contribution is -0.126. The lowest BCUT2D eigenvalue weighted by Crippen LogP contribution is -2.40. The van der Waals surface area contributed by atoms with E-state index in [1.165, 1.54) is 5.56 Å². The normalized spacial score (nSPS) is 21.8. The zero-order valence-electron chi connectivity index (χ0n) is 10.2. The number of nitrogens with zero attached hydrogens (tertiary/aromatic N) is 1. The number of carbonyl (C=O) groups is 1. The SMILES string of the molecule is CCC1CN(Cc2ccccc2Br)CCC1=O. The van der Waals surface area contributed by atoms with Gasteiger partial charge in [0.25, 0.3) is 0 Å². The van der Waals surface area contributed by atoms with Gasteiger partial charge in [0.2, 0.25) is 0 Å². The van der Waals surface area contributed by atoms with Crippen LogP contribution in [0.4, 0.5) is 0 Å². The molecule has 0 bridgehead atoms. The third-order valence-corrected chi connectivity index (χ3v) is 4.23. The number of piperidine rings is 1. The lowest BCUT2D eigenvalue weighted by Gasteiger charge is -2.31. The quantitative estimate of drug-likeness (QED) is 0.853. The van der Waals surface area contributed by atoms with E-state index in [4.69, 9.17) is 0 Å². The van der Waals surface area contributed by atoms with Crippen molar-refractivity contribution in [2.24, 2.45) is 5.92 Å². The molecule has 0 aromatic heterocycles. The third kappa shape index (κ3) is 3.17. The van der Waals surface area contributed by atoms with Crippen molar-refractivity contribution in [3.63, 3.8) is 0 Å². The van der Waals surface area contributed by atoms with Gasteiger partial charge < -0.3 is 0 Å². The number of likely N-dealkylation sites (tertiary alicyclic amines) is 1. The molecule has 1 fully saturated rings. The van der Waals surface area contributed by atoms with Crippen LogP contribution in [0.3, 0.4) is 0 Å². The Hall–Kier alpha value is -0.670. The van der Waals surface area contributed by atoms with Gasteiger partial charge in [-0.3, -0.25) is 9.69 Å².